The molecular formula is C21H18F3N3O4. The molecule has 0 bridgehead atoms. The first-order valence-corrected chi connectivity index (χ1v) is 8.92. The molecule has 0 heterocycles. The fraction of sp³-hybridized carbons (Fsp3) is 0.190. The Morgan fingerprint density at radius 1 is 1.16 bits per heavy atom. The van der Waals surface area contributed by atoms with E-state index in [9.17, 15) is 22.8 Å². The van der Waals surface area contributed by atoms with Gasteiger partial charge in [-0.2, -0.15) is 18.4 Å². The van der Waals surface area contributed by atoms with Crippen LogP contribution in [0.2, 0.25) is 0 Å². The molecule has 0 aliphatic carbocycles. The zero-order chi connectivity index (χ0) is 23.0. The molecule has 31 heavy (non-hydrogen) atoms. The van der Waals surface area contributed by atoms with Gasteiger partial charge in [0.05, 0.1) is 12.2 Å². The average molecular weight is 433 g/mol. The van der Waals surface area contributed by atoms with E-state index in [4.69, 9.17) is 20.5 Å². The first kappa shape index (κ1) is 23.3. The van der Waals surface area contributed by atoms with Gasteiger partial charge in [0.15, 0.2) is 18.1 Å². The number of nitrogens with two attached hydrogens (primary N) is 1. The Morgan fingerprint density at radius 2 is 1.90 bits per heavy atom. The second-order valence-corrected chi connectivity index (χ2v) is 6.09. The lowest BCUT2D eigenvalue weighted by Crippen LogP contribution is -2.20. The Morgan fingerprint density at radius 3 is 2.52 bits per heavy atom. The molecule has 0 aliphatic rings. The maximum atomic E-state index is 12.8. The highest BCUT2D eigenvalue weighted by atomic mass is 19.4. The number of primary amides is 1. The number of ether oxygens (including phenoxy) is 2. The number of amides is 2. The van der Waals surface area contributed by atoms with Gasteiger partial charge in [-0.05, 0) is 48.9 Å². The molecule has 10 heteroatoms. The lowest BCUT2D eigenvalue weighted by Gasteiger charge is -2.13. The van der Waals surface area contributed by atoms with E-state index in [0.29, 0.717) is 5.56 Å². The summed E-state index contributed by atoms with van der Waals surface area (Å²) in [5, 5.41) is 11.3. The first-order chi connectivity index (χ1) is 14.6. The fourth-order valence-electron chi connectivity index (χ4n) is 2.44. The van der Waals surface area contributed by atoms with Crippen molar-refractivity contribution in [3.8, 4) is 17.6 Å². The van der Waals surface area contributed by atoms with Crippen molar-refractivity contribution in [2.45, 2.75) is 13.1 Å². The normalized spacial score (nSPS) is 11.4. The third-order valence-corrected chi connectivity index (χ3v) is 3.80. The number of nitrogens with zero attached hydrogens (tertiary/aromatic N) is 1. The van der Waals surface area contributed by atoms with Crippen LogP contribution < -0.4 is 20.5 Å². The van der Waals surface area contributed by atoms with E-state index in [1.54, 1.807) is 13.0 Å². The maximum absolute atomic E-state index is 12.8. The van der Waals surface area contributed by atoms with E-state index in [0.717, 1.165) is 12.1 Å². The van der Waals surface area contributed by atoms with E-state index < -0.39 is 30.2 Å². The molecule has 0 saturated heterocycles. The van der Waals surface area contributed by atoms with Gasteiger partial charge >= 0.3 is 6.18 Å². The summed E-state index contributed by atoms with van der Waals surface area (Å²) in [6.45, 7) is 1.49. The van der Waals surface area contributed by atoms with E-state index >= 15 is 0 Å². The molecule has 0 atom stereocenters. The van der Waals surface area contributed by atoms with Crippen LogP contribution in [0.15, 0.2) is 48.0 Å². The van der Waals surface area contributed by atoms with Crippen molar-refractivity contribution in [2.75, 3.05) is 18.5 Å². The molecule has 3 N–H and O–H groups in total. The SMILES string of the molecule is CCOc1cc(C=C(C#N)C(N)=O)ccc1OCC(=O)Nc1cccc(C(F)(F)F)c1. The summed E-state index contributed by atoms with van der Waals surface area (Å²) in [5.74, 6) is -1.13. The minimum absolute atomic E-state index is 0.0237. The van der Waals surface area contributed by atoms with Crippen LogP contribution in [0.5, 0.6) is 11.5 Å². The highest BCUT2D eigenvalue weighted by molar-refractivity contribution is 6.00. The van der Waals surface area contributed by atoms with Gasteiger partial charge in [0.1, 0.15) is 11.6 Å². The summed E-state index contributed by atoms with van der Waals surface area (Å²) < 4.78 is 49.2. The van der Waals surface area contributed by atoms with E-state index in [1.807, 2.05) is 0 Å². The lowest BCUT2D eigenvalue weighted by atomic mass is 10.1. The maximum Gasteiger partial charge on any atom is 0.416 e. The van der Waals surface area contributed by atoms with Crippen molar-refractivity contribution in [1.29, 1.82) is 5.26 Å². The number of carbonyl (C=O) groups is 2. The predicted octanol–water partition coefficient (Wildman–Crippen LogP) is 3.51. The molecule has 2 aromatic carbocycles. The topological polar surface area (TPSA) is 114 Å². The fourth-order valence-corrected chi connectivity index (χ4v) is 2.44. The van der Waals surface area contributed by atoms with Crippen molar-refractivity contribution >= 4 is 23.6 Å². The van der Waals surface area contributed by atoms with Gasteiger partial charge in [0, 0.05) is 5.69 Å². The van der Waals surface area contributed by atoms with Crippen LogP contribution in [-0.2, 0) is 15.8 Å². The number of anilines is 1. The highest BCUT2D eigenvalue weighted by Gasteiger charge is 2.30. The Balaban J connectivity index is 2.11. The molecular weight excluding hydrogens is 415 g/mol. The van der Waals surface area contributed by atoms with Gasteiger partial charge in [-0.1, -0.05) is 12.1 Å². The van der Waals surface area contributed by atoms with Crippen LogP contribution in [0.3, 0.4) is 0 Å². The highest BCUT2D eigenvalue weighted by Crippen LogP contribution is 2.31. The Hall–Kier alpha value is -4.00. The second kappa shape index (κ2) is 10.2. The molecule has 0 aliphatic heterocycles. The molecule has 0 spiro atoms. The number of nitrogens with one attached hydrogen (secondary N) is 1. The number of carbonyl (C=O) groups excluding carboxylic acids is 2. The quantitative estimate of drug-likeness (QED) is 0.488. The molecule has 0 fully saturated rings. The lowest BCUT2D eigenvalue weighted by molar-refractivity contribution is -0.137. The molecule has 162 valence electrons. The van der Waals surface area contributed by atoms with E-state index in [2.05, 4.69) is 5.32 Å². The van der Waals surface area contributed by atoms with Gasteiger partial charge in [-0.25, -0.2) is 0 Å². The summed E-state index contributed by atoms with van der Waals surface area (Å²) in [4.78, 5) is 23.3. The Bertz CT molecular complexity index is 1040. The molecule has 2 rings (SSSR count). The molecule has 2 amide bonds. The summed E-state index contributed by atoms with van der Waals surface area (Å²) in [6, 6.07) is 10.4. The van der Waals surface area contributed by atoms with E-state index in [-0.39, 0.29) is 29.4 Å². The summed E-state index contributed by atoms with van der Waals surface area (Å²) in [7, 11) is 0. The van der Waals surface area contributed by atoms with Gasteiger partial charge in [0.2, 0.25) is 0 Å². The average Bonchev–Trinajstić information content (AvgIpc) is 2.71. The summed E-state index contributed by atoms with van der Waals surface area (Å²) in [5.41, 5.74) is 4.39. The number of rotatable bonds is 8. The van der Waals surface area contributed by atoms with Crippen molar-refractivity contribution in [1.82, 2.24) is 0 Å². The van der Waals surface area contributed by atoms with Crippen LogP contribution in [0.4, 0.5) is 18.9 Å². The van der Waals surface area contributed by atoms with Crippen LogP contribution in [0, 0.1) is 11.3 Å². The third-order valence-electron chi connectivity index (χ3n) is 3.80. The minimum atomic E-state index is -4.53. The second-order valence-electron chi connectivity index (χ2n) is 6.09. The standard InChI is InChI=1S/C21H18F3N3O4/c1-2-30-18-9-13(8-14(11-25)20(26)29)6-7-17(18)31-12-19(28)27-16-5-3-4-15(10-16)21(22,23)24/h3-10H,2,12H2,1H3,(H2,26,29)(H,27,28). The van der Waals surface area contributed by atoms with Crippen LogP contribution >= 0.6 is 0 Å². The number of nitriles is 1. The number of alkyl halides is 3. The van der Waals surface area contributed by atoms with E-state index in [1.165, 1.54) is 36.4 Å². The third kappa shape index (κ3) is 6.78. The zero-order valence-electron chi connectivity index (χ0n) is 16.3. The van der Waals surface area contributed by atoms with Crippen LogP contribution in [0.25, 0.3) is 6.08 Å². The summed E-state index contributed by atoms with van der Waals surface area (Å²) in [6.07, 6.45) is -3.26. The molecule has 7 nitrogen and oxygen atoms in total. The molecule has 2 aromatic rings. The number of benzene rings is 2. The van der Waals surface area contributed by atoms with Gasteiger partial charge in [-0.15, -0.1) is 0 Å². The van der Waals surface area contributed by atoms with Crippen molar-refractivity contribution in [3.63, 3.8) is 0 Å². The first-order valence-electron chi connectivity index (χ1n) is 8.92. The van der Waals surface area contributed by atoms with Crippen molar-refractivity contribution < 1.29 is 32.2 Å². The van der Waals surface area contributed by atoms with Gasteiger partial charge in [0.25, 0.3) is 11.8 Å². The van der Waals surface area contributed by atoms with Gasteiger partial charge < -0.3 is 20.5 Å². The molecule has 0 saturated carbocycles. The Kier molecular flexibility index (Phi) is 7.63. The number of halogens is 3. The molecule has 0 unspecified atom stereocenters. The van der Waals surface area contributed by atoms with Crippen molar-refractivity contribution in [3.05, 3.63) is 59.2 Å². The smallest absolute Gasteiger partial charge is 0.416 e. The monoisotopic (exact) mass is 433 g/mol. The zero-order valence-corrected chi connectivity index (χ0v) is 16.3. The largest absolute Gasteiger partial charge is 0.490 e. The van der Waals surface area contributed by atoms with Crippen LogP contribution in [0.1, 0.15) is 18.1 Å². The number of hydrogen-bond acceptors (Lipinski definition) is 5. The molecule has 0 aromatic heterocycles. The van der Waals surface area contributed by atoms with Crippen molar-refractivity contribution in [2.24, 2.45) is 5.73 Å². The summed E-state index contributed by atoms with van der Waals surface area (Å²) >= 11 is 0. The minimum Gasteiger partial charge on any atom is -0.490 e. The van der Waals surface area contributed by atoms with Gasteiger partial charge in [-0.3, -0.25) is 9.59 Å². The van der Waals surface area contributed by atoms with Crippen LogP contribution in [-0.4, -0.2) is 25.0 Å². The molecule has 0 radical (unpaired) electrons. The predicted molar refractivity (Wildman–Crippen MR) is 106 cm³/mol. The number of hydrogen-bond donors (Lipinski definition) is 2. The Labute approximate surface area is 175 Å².